The zero-order valence-corrected chi connectivity index (χ0v) is 14.5. The van der Waals surface area contributed by atoms with Gasteiger partial charge in [-0.1, -0.05) is 23.7 Å². The van der Waals surface area contributed by atoms with Crippen molar-refractivity contribution < 1.29 is 13.2 Å². The van der Waals surface area contributed by atoms with Crippen LogP contribution in [0.1, 0.15) is 24.8 Å². The zero-order chi connectivity index (χ0) is 16.4. The first-order valence-corrected chi connectivity index (χ1v) is 9.95. The lowest BCUT2D eigenvalue weighted by Gasteiger charge is -2.22. The number of sulfonamides is 1. The van der Waals surface area contributed by atoms with Crippen molar-refractivity contribution in [1.29, 1.82) is 0 Å². The molecule has 0 spiro atoms. The Kier molecular flexibility index (Phi) is 4.94. The van der Waals surface area contributed by atoms with Crippen LogP contribution in [0.3, 0.4) is 0 Å². The molecule has 2 aliphatic rings. The van der Waals surface area contributed by atoms with Gasteiger partial charge in [-0.2, -0.15) is 4.31 Å². The molecule has 5 nitrogen and oxygen atoms in total. The second-order valence-corrected chi connectivity index (χ2v) is 8.64. The summed E-state index contributed by atoms with van der Waals surface area (Å²) in [6.45, 7) is 2.01. The number of carbonyl (C=O) groups is 1. The lowest BCUT2D eigenvalue weighted by atomic mass is 10.2. The summed E-state index contributed by atoms with van der Waals surface area (Å²) in [5.74, 6) is 0.356. The molecule has 1 aliphatic heterocycles. The monoisotopic (exact) mass is 356 g/mol. The summed E-state index contributed by atoms with van der Waals surface area (Å²) in [5, 5.41) is 0.593. The van der Waals surface area contributed by atoms with Gasteiger partial charge in [0.15, 0.2) is 0 Å². The minimum absolute atomic E-state index is 0.0270. The van der Waals surface area contributed by atoms with Gasteiger partial charge in [0.25, 0.3) is 0 Å². The normalized spacial score (nSPS) is 20.3. The molecule has 23 heavy (non-hydrogen) atoms. The summed E-state index contributed by atoms with van der Waals surface area (Å²) in [7, 11) is -3.37. The Hall–Kier alpha value is -1.11. The van der Waals surface area contributed by atoms with E-state index in [9.17, 15) is 13.2 Å². The largest absolute Gasteiger partial charge is 0.341 e. The number of amides is 1. The van der Waals surface area contributed by atoms with Gasteiger partial charge in [-0.15, -0.1) is 0 Å². The minimum Gasteiger partial charge on any atom is -0.341 e. The Morgan fingerprint density at radius 2 is 1.78 bits per heavy atom. The summed E-state index contributed by atoms with van der Waals surface area (Å²) in [4.78, 5) is 14.0. The molecule has 3 rings (SSSR count). The fraction of sp³-hybridized carbons (Fsp3) is 0.562. The van der Waals surface area contributed by atoms with Crippen LogP contribution in [0.5, 0.6) is 0 Å². The standard InChI is InChI=1S/C16H21ClN2O3S/c17-15-6-2-13(3-7-15)12-23(21,22)19-9-1-8-18(10-11-19)16(20)14-4-5-14/h2-3,6-7,14H,1,4-5,8-12H2. The number of hydrogen-bond acceptors (Lipinski definition) is 3. The van der Waals surface area contributed by atoms with Crippen LogP contribution in [0, 0.1) is 5.92 Å². The summed E-state index contributed by atoms with van der Waals surface area (Å²) < 4.78 is 26.7. The third-order valence-electron chi connectivity index (χ3n) is 4.35. The average Bonchev–Trinajstić information content (AvgIpc) is 3.35. The van der Waals surface area contributed by atoms with Crippen LogP contribution in [-0.2, 0) is 20.6 Å². The SMILES string of the molecule is O=C(C1CC1)N1CCCN(S(=O)(=O)Cc2ccc(Cl)cc2)CC1. The first-order chi connectivity index (χ1) is 11.0. The topological polar surface area (TPSA) is 57.7 Å². The maximum Gasteiger partial charge on any atom is 0.225 e. The van der Waals surface area contributed by atoms with Crippen LogP contribution < -0.4 is 0 Å². The highest BCUT2D eigenvalue weighted by Gasteiger charge is 2.35. The Balaban J connectivity index is 1.63. The second-order valence-electron chi connectivity index (χ2n) is 6.23. The summed E-state index contributed by atoms with van der Waals surface area (Å²) in [6, 6.07) is 6.87. The zero-order valence-electron chi connectivity index (χ0n) is 12.9. The van der Waals surface area contributed by atoms with E-state index in [0.717, 1.165) is 18.4 Å². The van der Waals surface area contributed by atoms with Crippen LogP contribution >= 0.6 is 11.6 Å². The van der Waals surface area contributed by atoms with E-state index in [1.54, 1.807) is 24.3 Å². The van der Waals surface area contributed by atoms with Crippen LogP contribution in [0.4, 0.5) is 0 Å². The quantitative estimate of drug-likeness (QED) is 0.830. The molecule has 0 aromatic heterocycles. The molecule has 0 radical (unpaired) electrons. The molecular weight excluding hydrogens is 336 g/mol. The predicted molar refractivity (Wildman–Crippen MR) is 89.6 cm³/mol. The van der Waals surface area contributed by atoms with E-state index in [4.69, 9.17) is 11.6 Å². The van der Waals surface area contributed by atoms with E-state index >= 15 is 0 Å². The molecule has 0 atom stereocenters. The van der Waals surface area contributed by atoms with Crippen molar-refractivity contribution in [2.75, 3.05) is 26.2 Å². The van der Waals surface area contributed by atoms with Gasteiger partial charge in [0.05, 0.1) is 5.75 Å². The summed E-state index contributed by atoms with van der Waals surface area (Å²) in [5.41, 5.74) is 0.726. The first-order valence-electron chi connectivity index (χ1n) is 7.97. The van der Waals surface area contributed by atoms with Crippen molar-refractivity contribution in [3.8, 4) is 0 Å². The lowest BCUT2D eigenvalue weighted by Crippen LogP contribution is -2.38. The van der Waals surface area contributed by atoms with Crippen molar-refractivity contribution in [1.82, 2.24) is 9.21 Å². The Labute approximate surface area is 142 Å². The molecule has 1 heterocycles. The van der Waals surface area contributed by atoms with Crippen molar-refractivity contribution in [2.45, 2.75) is 25.0 Å². The Morgan fingerprint density at radius 3 is 2.43 bits per heavy atom. The molecule has 1 aromatic carbocycles. The molecule has 7 heteroatoms. The average molecular weight is 357 g/mol. The van der Waals surface area contributed by atoms with Gasteiger partial charge in [0, 0.05) is 37.1 Å². The molecule has 2 fully saturated rings. The van der Waals surface area contributed by atoms with Crippen molar-refractivity contribution in [3.63, 3.8) is 0 Å². The smallest absolute Gasteiger partial charge is 0.225 e. The molecule has 0 N–H and O–H groups in total. The van der Waals surface area contributed by atoms with E-state index in [-0.39, 0.29) is 17.6 Å². The molecule has 1 amide bonds. The van der Waals surface area contributed by atoms with Crippen LogP contribution in [0.2, 0.25) is 5.02 Å². The minimum atomic E-state index is -3.37. The molecule has 1 saturated heterocycles. The molecule has 1 aliphatic carbocycles. The van der Waals surface area contributed by atoms with Gasteiger partial charge < -0.3 is 4.90 Å². The summed E-state index contributed by atoms with van der Waals surface area (Å²) >= 11 is 5.83. The Morgan fingerprint density at radius 1 is 1.09 bits per heavy atom. The predicted octanol–water partition coefficient (Wildman–Crippen LogP) is 2.11. The number of halogens is 1. The number of hydrogen-bond donors (Lipinski definition) is 0. The van der Waals surface area contributed by atoms with Gasteiger partial charge >= 0.3 is 0 Å². The molecular formula is C16H21ClN2O3S. The van der Waals surface area contributed by atoms with Crippen molar-refractivity contribution in [3.05, 3.63) is 34.9 Å². The third kappa shape index (κ3) is 4.25. The molecule has 126 valence electrons. The number of carbonyl (C=O) groups excluding carboxylic acids is 1. The van der Waals surface area contributed by atoms with Crippen molar-refractivity contribution >= 4 is 27.5 Å². The van der Waals surface area contributed by atoms with E-state index < -0.39 is 10.0 Å². The van der Waals surface area contributed by atoms with Crippen LogP contribution in [0.15, 0.2) is 24.3 Å². The maximum absolute atomic E-state index is 12.6. The maximum atomic E-state index is 12.6. The van der Waals surface area contributed by atoms with Crippen LogP contribution in [0.25, 0.3) is 0 Å². The van der Waals surface area contributed by atoms with E-state index in [1.165, 1.54) is 4.31 Å². The van der Waals surface area contributed by atoms with Gasteiger partial charge in [0.1, 0.15) is 0 Å². The highest BCUT2D eigenvalue weighted by molar-refractivity contribution is 7.88. The van der Waals surface area contributed by atoms with Crippen LogP contribution in [-0.4, -0.2) is 49.7 Å². The second kappa shape index (κ2) is 6.79. The molecule has 1 aromatic rings. The highest BCUT2D eigenvalue weighted by atomic mass is 35.5. The Bertz CT molecular complexity index is 671. The summed E-state index contributed by atoms with van der Waals surface area (Å²) in [6.07, 6.45) is 2.65. The number of nitrogens with zero attached hydrogens (tertiary/aromatic N) is 2. The number of benzene rings is 1. The van der Waals surface area contributed by atoms with Crippen molar-refractivity contribution in [2.24, 2.45) is 5.92 Å². The number of rotatable bonds is 4. The van der Waals surface area contributed by atoms with Gasteiger partial charge in [0.2, 0.25) is 15.9 Å². The van der Waals surface area contributed by atoms with E-state index in [2.05, 4.69) is 0 Å². The fourth-order valence-corrected chi connectivity index (χ4v) is 4.55. The molecule has 1 saturated carbocycles. The fourth-order valence-electron chi connectivity index (χ4n) is 2.86. The van der Waals surface area contributed by atoms with Gasteiger partial charge in [-0.05, 0) is 37.0 Å². The van der Waals surface area contributed by atoms with E-state index in [1.807, 2.05) is 4.90 Å². The lowest BCUT2D eigenvalue weighted by molar-refractivity contribution is -0.132. The highest BCUT2D eigenvalue weighted by Crippen LogP contribution is 2.31. The first kappa shape index (κ1) is 16.7. The molecule has 0 bridgehead atoms. The van der Waals surface area contributed by atoms with E-state index in [0.29, 0.717) is 37.6 Å². The third-order valence-corrected chi connectivity index (χ3v) is 6.45. The van der Waals surface area contributed by atoms with Gasteiger partial charge in [-0.3, -0.25) is 4.79 Å². The molecule has 0 unspecified atom stereocenters. The van der Waals surface area contributed by atoms with Gasteiger partial charge in [-0.25, -0.2) is 8.42 Å².